The number of carboxylic acids is 1. The summed E-state index contributed by atoms with van der Waals surface area (Å²) in [5.41, 5.74) is 0. The van der Waals surface area contributed by atoms with Gasteiger partial charge in [-0.25, -0.2) is 9.78 Å². The zero-order valence-electron chi connectivity index (χ0n) is 9.45. The van der Waals surface area contributed by atoms with Gasteiger partial charge in [0, 0.05) is 25.4 Å². The van der Waals surface area contributed by atoms with Crippen molar-refractivity contribution in [2.75, 3.05) is 13.1 Å². The predicted molar refractivity (Wildman–Crippen MR) is 60.2 cm³/mol. The summed E-state index contributed by atoms with van der Waals surface area (Å²) in [6.45, 7) is 1.83. The molecule has 0 radical (unpaired) electrons. The minimum Gasteiger partial charge on any atom is -0.488 e. The van der Waals surface area contributed by atoms with Gasteiger partial charge in [0.1, 0.15) is 17.0 Å². The average Bonchev–Trinajstić information content (AvgIpc) is 2.23. The van der Waals surface area contributed by atoms with Crippen LogP contribution in [0.3, 0.4) is 0 Å². The van der Waals surface area contributed by atoms with Gasteiger partial charge >= 0.3 is 12.1 Å². The number of aliphatic carboxylic acids is 1. The van der Waals surface area contributed by atoms with E-state index in [9.17, 15) is 13.2 Å². The molecule has 2 heterocycles. The molecule has 1 aromatic rings. The second-order valence-corrected chi connectivity index (χ2v) is 3.90. The fraction of sp³-hybridized carbons (Fsp3) is 0.400. The number of ether oxygens (including phenoxy) is 1. The molecule has 0 spiro atoms. The SMILES string of the molecule is Clc1cc(OC2CNC2)ccn1.O=C(O)C(F)(F)F. The Bertz CT molecular complexity index is 438. The second kappa shape index (κ2) is 6.58. The van der Waals surface area contributed by atoms with Crippen molar-refractivity contribution in [1.82, 2.24) is 10.3 Å². The Morgan fingerprint density at radius 2 is 2.11 bits per heavy atom. The van der Waals surface area contributed by atoms with E-state index in [1.54, 1.807) is 12.3 Å². The Kier molecular flexibility index (Phi) is 5.37. The lowest BCUT2D eigenvalue weighted by atomic mass is 10.2. The number of nitrogens with zero attached hydrogens (tertiary/aromatic N) is 1. The Morgan fingerprint density at radius 3 is 2.47 bits per heavy atom. The van der Waals surface area contributed by atoms with Crippen molar-refractivity contribution in [2.45, 2.75) is 12.3 Å². The Labute approximate surface area is 111 Å². The quantitative estimate of drug-likeness (QED) is 0.814. The predicted octanol–water partition coefficient (Wildman–Crippen LogP) is 1.72. The highest BCUT2D eigenvalue weighted by Gasteiger charge is 2.38. The minimum atomic E-state index is -5.08. The van der Waals surface area contributed by atoms with Crippen LogP contribution in [0.4, 0.5) is 13.2 Å². The van der Waals surface area contributed by atoms with Crippen molar-refractivity contribution in [3.63, 3.8) is 0 Å². The first-order chi connectivity index (χ1) is 8.79. The summed E-state index contributed by atoms with van der Waals surface area (Å²) < 4.78 is 37.3. The third-order valence-corrected chi connectivity index (χ3v) is 2.19. The first kappa shape index (κ1) is 15.5. The van der Waals surface area contributed by atoms with Crippen molar-refractivity contribution in [2.24, 2.45) is 0 Å². The zero-order chi connectivity index (χ0) is 14.5. The molecule has 1 aliphatic heterocycles. The molecule has 0 saturated carbocycles. The molecule has 19 heavy (non-hydrogen) atoms. The standard InChI is InChI=1S/C8H9ClN2O.C2HF3O2/c9-8-3-6(1-2-11-8)12-7-4-10-5-7;3-2(4,5)1(6)7/h1-3,7,10H,4-5H2;(H,6,7). The molecule has 0 aliphatic carbocycles. The lowest BCUT2D eigenvalue weighted by Crippen LogP contribution is -2.50. The van der Waals surface area contributed by atoms with E-state index >= 15 is 0 Å². The number of pyridine rings is 1. The van der Waals surface area contributed by atoms with Crippen LogP contribution in [0.15, 0.2) is 18.3 Å². The van der Waals surface area contributed by atoms with Gasteiger partial charge in [-0.1, -0.05) is 11.6 Å². The number of nitrogens with one attached hydrogen (secondary N) is 1. The van der Waals surface area contributed by atoms with Crippen molar-refractivity contribution >= 4 is 17.6 Å². The number of hydrogen-bond donors (Lipinski definition) is 2. The molecule has 5 nitrogen and oxygen atoms in total. The van der Waals surface area contributed by atoms with Crippen LogP contribution in [-0.4, -0.2) is 41.4 Å². The van der Waals surface area contributed by atoms with Gasteiger partial charge in [-0.3, -0.25) is 0 Å². The van der Waals surface area contributed by atoms with E-state index < -0.39 is 12.1 Å². The maximum absolute atomic E-state index is 10.6. The van der Waals surface area contributed by atoms with E-state index in [0.717, 1.165) is 18.8 Å². The smallest absolute Gasteiger partial charge is 0.488 e. The molecule has 0 unspecified atom stereocenters. The average molecular weight is 299 g/mol. The van der Waals surface area contributed by atoms with Crippen LogP contribution < -0.4 is 10.1 Å². The van der Waals surface area contributed by atoms with Crippen LogP contribution >= 0.6 is 11.6 Å². The monoisotopic (exact) mass is 298 g/mol. The normalized spacial score (nSPS) is 14.9. The molecule has 106 valence electrons. The number of halogens is 4. The summed E-state index contributed by atoms with van der Waals surface area (Å²) in [7, 11) is 0. The Balaban J connectivity index is 0.000000224. The Morgan fingerprint density at radius 1 is 1.53 bits per heavy atom. The number of alkyl halides is 3. The number of carbonyl (C=O) groups is 1. The number of aromatic nitrogens is 1. The molecule has 2 rings (SSSR count). The number of carboxylic acid groups (broad SMARTS) is 1. The highest BCUT2D eigenvalue weighted by molar-refractivity contribution is 6.29. The molecule has 0 atom stereocenters. The summed E-state index contributed by atoms with van der Waals surface area (Å²) in [6.07, 6.45) is -3.15. The second-order valence-electron chi connectivity index (χ2n) is 3.52. The van der Waals surface area contributed by atoms with E-state index in [-0.39, 0.29) is 0 Å². The molecule has 1 aliphatic rings. The largest absolute Gasteiger partial charge is 0.490 e. The molecular formula is C10H10ClF3N2O3. The minimum absolute atomic E-state index is 0.295. The maximum atomic E-state index is 10.6. The third kappa shape index (κ3) is 5.75. The van der Waals surface area contributed by atoms with Gasteiger partial charge in [-0.05, 0) is 6.07 Å². The van der Waals surface area contributed by atoms with E-state index in [0.29, 0.717) is 11.3 Å². The van der Waals surface area contributed by atoms with E-state index in [2.05, 4.69) is 10.3 Å². The number of hydrogen-bond acceptors (Lipinski definition) is 4. The summed E-state index contributed by atoms with van der Waals surface area (Å²) in [4.78, 5) is 12.8. The molecule has 0 amide bonds. The fourth-order valence-electron chi connectivity index (χ4n) is 0.996. The van der Waals surface area contributed by atoms with Crippen LogP contribution in [0.2, 0.25) is 5.15 Å². The van der Waals surface area contributed by atoms with Crippen molar-refractivity contribution < 1.29 is 27.8 Å². The van der Waals surface area contributed by atoms with Gasteiger partial charge in [0.15, 0.2) is 0 Å². The lowest BCUT2D eigenvalue weighted by molar-refractivity contribution is -0.192. The maximum Gasteiger partial charge on any atom is 0.490 e. The molecule has 1 saturated heterocycles. The summed E-state index contributed by atoms with van der Waals surface area (Å²) >= 11 is 5.68. The van der Waals surface area contributed by atoms with Crippen LogP contribution in [0, 0.1) is 0 Å². The van der Waals surface area contributed by atoms with Crippen molar-refractivity contribution in [3.8, 4) is 5.75 Å². The summed E-state index contributed by atoms with van der Waals surface area (Å²) in [6, 6.07) is 3.53. The number of rotatable bonds is 2. The van der Waals surface area contributed by atoms with E-state index in [1.807, 2.05) is 6.07 Å². The van der Waals surface area contributed by atoms with Crippen molar-refractivity contribution in [1.29, 1.82) is 0 Å². The van der Waals surface area contributed by atoms with Crippen LogP contribution in [0.5, 0.6) is 5.75 Å². The fourth-order valence-corrected chi connectivity index (χ4v) is 1.16. The first-order valence-electron chi connectivity index (χ1n) is 5.08. The first-order valence-corrected chi connectivity index (χ1v) is 5.46. The highest BCUT2D eigenvalue weighted by Crippen LogP contribution is 2.16. The van der Waals surface area contributed by atoms with Crippen LogP contribution in [0.1, 0.15) is 0 Å². The topological polar surface area (TPSA) is 71.5 Å². The van der Waals surface area contributed by atoms with Gasteiger partial charge in [-0.2, -0.15) is 13.2 Å². The third-order valence-electron chi connectivity index (χ3n) is 1.99. The lowest BCUT2D eigenvalue weighted by Gasteiger charge is -2.27. The zero-order valence-corrected chi connectivity index (χ0v) is 10.2. The van der Waals surface area contributed by atoms with Gasteiger partial charge < -0.3 is 15.2 Å². The molecule has 9 heteroatoms. The molecule has 0 aromatic carbocycles. The molecule has 2 N–H and O–H groups in total. The van der Waals surface area contributed by atoms with Crippen LogP contribution in [0.25, 0.3) is 0 Å². The highest BCUT2D eigenvalue weighted by atomic mass is 35.5. The van der Waals surface area contributed by atoms with Crippen molar-refractivity contribution in [3.05, 3.63) is 23.5 Å². The van der Waals surface area contributed by atoms with Gasteiger partial charge in [0.25, 0.3) is 0 Å². The Hall–Kier alpha value is -1.54. The van der Waals surface area contributed by atoms with E-state index in [4.69, 9.17) is 26.2 Å². The molecular weight excluding hydrogens is 289 g/mol. The molecule has 1 fully saturated rings. The summed E-state index contributed by atoms with van der Waals surface area (Å²) in [5, 5.41) is 10.7. The molecule has 0 bridgehead atoms. The summed E-state index contributed by atoms with van der Waals surface area (Å²) in [5.74, 6) is -1.96. The van der Waals surface area contributed by atoms with Gasteiger partial charge in [-0.15, -0.1) is 0 Å². The van der Waals surface area contributed by atoms with Gasteiger partial charge in [0.2, 0.25) is 0 Å². The van der Waals surface area contributed by atoms with Crippen LogP contribution in [-0.2, 0) is 4.79 Å². The van der Waals surface area contributed by atoms with E-state index in [1.165, 1.54) is 0 Å². The molecule has 1 aromatic heterocycles. The van der Waals surface area contributed by atoms with Gasteiger partial charge in [0.05, 0.1) is 0 Å².